The van der Waals surface area contributed by atoms with Crippen LogP contribution in [0.25, 0.3) is 10.8 Å². The van der Waals surface area contributed by atoms with E-state index in [-0.39, 0.29) is 28.7 Å². The molecule has 2 atom stereocenters. The summed E-state index contributed by atoms with van der Waals surface area (Å²) in [4.78, 5) is 50.8. The Kier molecular flexibility index (Phi) is 5.79. The average molecular weight is 436 g/mol. The second-order valence-electron chi connectivity index (χ2n) is 8.41. The van der Waals surface area contributed by atoms with Gasteiger partial charge in [0.2, 0.25) is 5.78 Å². The van der Waals surface area contributed by atoms with E-state index in [1.807, 2.05) is 31.2 Å². The number of aliphatic hydroxyl groups excluding tert-OH is 1. The molecule has 7 nitrogen and oxygen atoms in total. The number of hydrogen-bond acceptors (Lipinski definition) is 7. The normalized spacial score (nSPS) is 22.5. The molecule has 0 aliphatic heterocycles. The standard InChI is InChI=1S/C25H24O7/c1-2-3-8-21(28)32-13-20(27)25(31)11-18-22(19(26)12-25)24(30)17-10-15-7-5-4-6-14(15)9-16(17)23(18)29/h4-7,9-10,19,26,31H,2-3,8,11-13H2,1H3/t19-,25-/m1/s1. The van der Waals surface area contributed by atoms with Crippen LogP contribution in [-0.2, 0) is 14.3 Å². The zero-order valence-electron chi connectivity index (χ0n) is 17.7. The summed E-state index contributed by atoms with van der Waals surface area (Å²) >= 11 is 0. The van der Waals surface area contributed by atoms with Gasteiger partial charge in [0.25, 0.3) is 0 Å². The highest BCUT2D eigenvalue weighted by Gasteiger charge is 2.49. The van der Waals surface area contributed by atoms with Crippen molar-refractivity contribution in [1.29, 1.82) is 0 Å². The van der Waals surface area contributed by atoms with E-state index in [0.29, 0.717) is 6.42 Å². The molecule has 4 rings (SSSR count). The van der Waals surface area contributed by atoms with Crippen molar-refractivity contribution in [2.24, 2.45) is 0 Å². The lowest BCUT2D eigenvalue weighted by atomic mass is 9.69. The van der Waals surface area contributed by atoms with E-state index in [9.17, 15) is 29.4 Å². The number of benzene rings is 2. The lowest BCUT2D eigenvalue weighted by Gasteiger charge is -2.37. The van der Waals surface area contributed by atoms with Gasteiger partial charge < -0.3 is 14.9 Å². The van der Waals surface area contributed by atoms with Crippen LogP contribution in [0, 0.1) is 0 Å². The number of esters is 1. The van der Waals surface area contributed by atoms with Crippen molar-refractivity contribution < 1.29 is 34.1 Å². The third kappa shape index (κ3) is 3.78. The topological polar surface area (TPSA) is 118 Å². The first-order valence-corrected chi connectivity index (χ1v) is 10.7. The molecule has 0 saturated heterocycles. The van der Waals surface area contributed by atoms with E-state index in [1.54, 1.807) is 12.1 Å². The average Bonchev–Trinajstić information content (AvgIpc) is 2.78. The molecule has 0 saturated carbocycles. The van der Waals surface area contributed by atoms with Crippen LogP contribution in [0.15, 0.2) is 47.5 Å². The maximum Gasteiger partial charge on any atom is 0.306 e. The fourth-order valence-electron chi connectivity index (χ4n) is 4.38. The quantitative estimate of drug-likeness (QED) is 0.669. The molecule has 7 heteroatoms. The van der Waals surface area contributed by atoms with E-state index in [1.165, 1.54) is 0 Å². The van der Waals surface area contributed by atoms with Gasteiger partial charge in [-0.2, -0.15) is 0 Å². The second-order valence-corrected chi connectivity index (χ2v) is 8.41. The van der Waals surface area contributed by atoms with Gasteiger partial charge in [-0.25, -0.2) is 0 Å². The summed E-state index contributed by atoms with van der Waals surface area (Å²) in [6, 6.07) is 10.5. The number of aliphatic hydroxyl groups is 2. The third-order valence-corrected chi connectivity index (χ3v) is 6.17. The Morgan fingerprint density at radius 1 is 1.09 bits per heavy atom. The Balaban J connectivity index is 1.62. The van der Waals surface area contributed by atoms with Crippen LogP contribution >= 0.6 is 0 Å². The van der Waals surface area contributed by atoms with Gasteiger partial charge in [0.1, 0.15) is 5.60 Å². The van der Waals surface area contributed by atoms with Crippen LogP contribution in [0.5, 0.6) is 0 Å². The van der Waals surface area contributed by atoms with Gasteiger partial charge in [0.05, 0.1) is 6.10 Å². The number of rotatable bonds is 6. The van der Waals surface area contributed by atoms with Gasteiger partial charge in [0, 0.05) is 41.5 Å². The Morgan fingerprint density at radius 3 is 2.34 bits per heavy atom. The molecule has 2 aromatic carbocycles. The molecule has 0 unspecified atom stereocenters. The monoisotopic (exact) mass is 436 g/mol. The lowest BCUT2D eigenvalue weighted by Crippen LogP contribution is -2.50. The molecule has 0 bridgehead atoms. The summed E-state index contributed by atoms with van der Waals surface area (Å²) in [6.45, 7) is 1.26. The summed E-state index contributed by atoms with van der Waals surface area (Å²) in [5.74, 6) is -2.33. The molecule has 0 spiro atoms. The van der Waals surface area contributed by atoms with E-state index in [4.69, 9.17) is 4.74 Å². The fourth-order valence-corrected chi connectivity index (χ4v) is 4.38. The summed E-state index contributed by atoms with van der Waals surface area (Å²) < 4.78 is 4.95. The van der Waals surface area contributed by atoms with Crippen molar-refractivity contribution in [3.05, 3.63) is 58.7 Å². The predicted molar refractivity (Wildman–Crippen MR) is 115 cm³/mol. The highest BCUT2D eigenvalue weighted by molar-refractivity contribution is 6.29. The Hall–Kier alpha value is -3.16. The van der Waals surface area contributed by atoms with E-state index >= 15 is 0 Å². The molecule has 0 aromatic heterocycles. The van der Waals surface area contributed by atoms with Gasteiger partial charge in [-0.15, -0.1) is 0 Å². The van der Waals surface area contributed by atoms with Crippen LogP contribution in [-0.4, -0.2) is 51.8 Å². The smallest absolute Gasteiger partial charge is 0.306 e. The molecule has 2 aromatic rings. The van der Waals surface area contributed by atoms with E-state index in [0.717, 1.165) is 17.2 Å². The number of fused-ring (bicyclic) bond motifs is 2. The molecule has 166 valence electrons. The van der Waals surface area contributed by atoms with Crippen LogP contribution in [0.3, 0.4) is 0 Å². The highest BCUT2D eigenvalue weighted by Crippen LogP contribution is 2.41. The van der Waals surface area contributed by atoms with Gasteiger partial charge in [-0.05, 0) is 29.3 Å². The molecule has 0 fully saturated rings. The summed E-state index contributed by atoms with van der Waals surface area (Å²) in [5.41, 5.74) is -1.86. The molecule has 2 aliphatic rings. The SMILES string of the molecule is CCCCC(=O)OCC(=O)[C@@]1(O)CC2=C(C(=O)c3cc4ccccc4cc3C2=O)[C@H](O)C1. The van der Waals surface area contributed by atoms with Gasteiger partial charge in [-0.1, -0.05) is 37.6 Å². The number of unbranched alkanes of at least 4 members (excludes halogenated alkanes) is 1. The van der Waals surface area contributed by atoms with Gasteiger partial charge >= 0.3 is 5.97 Å². The lowest BCUT2D eigenvalue weighted by molar-refractivity contribution is -0.156. The first-order chi connectivity index (χ1) is 15.2. The van der Waals surface area contributed by atoms with Crippen LogP contribution < -0.4 is 0 Å². The van der Waals surface area contributed by atoms with Crippen LogP contribution in [0.2, 0.25) is 0 Å². The molecule has 0 heterocycles. The molecular weight excluding hydrogens is 412 g/mol. The molecule has 32 heavy (non-hydrogen) atoms. The third-order valence-electron chi connectivity index (χ3n) is 6.17. The van der Waals surface area contributed by atoms with Crippen molar-refractivity contribution in [3.63, 3.8) is 0 Å². The molecular formula is C25H24O7. The Morgan fingerprint density at radius 2 is 1.72 bits per heavy atom. The van der Waals surface area contributed by atoms with Gasteiger partial charge in [0.15, 0.2) is 18.2 Å². The molecule has 0 amide bonds. The van der Waals surface area contributed by atoms with Crippen molar-refractivity contribution >= 4 is 34.1 Å². The molecule has 2 N–H and O–H groups in total. The largest absolute Gasteiger partial charge is 0.458 e. The minimum Gasteiger partial charge on any atom is -0.458 e. The number of Topliss-reactive ketones (excluding diaryl/α,β-unsaturated/α-hetero) is 3. The minimum atomic E-state index is -2.10. The minimum absolute atomic E-state index is 0.0651. The molecule has 2 aliphatic carbocycles. The number of ketones is 3. The van der Waals surface area contributed by atoms with Crippen molar-refractivity contribution in [2.75, 3.05) is 6.61 Å². The van der Waals surface area contributed by atoms with Crippen molar-refractivity contribution in [3.8, 4) is 0 Å². The van der Waals surface area contributed by atoms with Crippen LogP contribution in [0.1, 0.15) is 59.7 Å². The van der Waals surface area contributed by atoms with Crippen LogP contribution in [0.4, 0.5) is 0 Å². The number of carbonyl (C=O) groups excluding carboxylic acids is 4. The van der Waals surface area contributed by atoms with Crippen molar-refractivity contribution in [2.45, 2.75) is 50.7 Å². The summed E-state index contributed by atoms with van der Waals surface area (Å²) in [5, 5.41) is 23.2. The highest BCUT2D eigenvalue weighted by atomic mass is 16.5. The first kappa shape index (κ1) is 22.0. The number of ether oxygens (including phenoxy) is 1. The maximum atomic E-state index is 13.3. The summed E-state index contributed by atoms with van der Waals surface area (Å²) in [7, 11) is 0. The molecule has 0 radical (unpaired) electrons. The Bertz CT molecular complexity index is 1180. The number of carbonyl (C=O) groups is 4. The number of hydrogen-bond donors (Lipinski definition) is 2. The first-order valence-electron chi connectivity index (χ1n) is 10.7. The maximum absolute atomic E-state index is 13.3. The zero-order chi connectivity index (χ0) is 23.0. The zero-order valence-corrected chi connectivity index (χ0v) is 17.7. The predicted octanol–water partition coefficient (Wildman–Crippen LogP) is 2.70. The fraction of sp³-hybridized carbons (Fsp3) is 0.360. The van der Waals surface area contributed by atoms with E-state index in [2.05, 4.69) is 0 Å². The van der Waals surface area contributed by atoms with Crippen molar-refractivity contribution in [1.82, 2.24) is 0 Å². The summed E-state index contributed by atoms with van der Waals surface area (Å²) in [6.07, 6.45) is -0.766. The van der Waals surface area contributed by atoms with E-state index < -0.39 is 54.5 Å². The Labute approximate surface area is 184 Å². The van der Waals surface area contributed by atoms with Gasteiger partial charge in [-0.3, -0.25) is 19.2 Å². The second kappa shape index (κ2) is 8.41.